The smallest absolute Gasteiger partial charge is 0.220 e. The lowest BCUT2D eigenvalue weighted by atomic mass is 9.92. The second-order valence-corrected chi connectivity index (χ2v) is 5.67. The van der Waals surface area contributed by atoms with Gasteiger partial charge < -0.3 is 5.32 Å². The molecule has 0 bridgehead atoms. The Balaban J connectivity index is 2.23. The fraction of sp³-hybridized carbons (Fsp3) is 0.389. The maximum Gasteiger partial charge on any atom is 0.220 e. The molecule has 0 fully saturated rings. The number of carbonyl (C=O) groups excluding carboxylic acids is 3. The summed E-state index contributed by atoms with van der Waals surface area (Å²) in [7, 11) is 0. The van der Waals surface area contributed by atoms with Gasteiger partial charge in [0.15, 0.2) is 0 Å². The Morgan fingerprint density at radius 3 is 2.50 bits per heavy atom. The molecule has 1 aromatic rings. The molecule has 0 radical (unpaired) electrons. The van der Waals surface area contributed by atoms with E-state index in [9.17, 15) is 14.4 Å². The zero-order valence-corrected chi connectivity index (χ0v) is 12.7. The van der Waals surface area contributed by atoms with Crippen LogP contribution in [0.3, 0.4) is 0 Å². The number of Topliss-reactive ketones (excluding diaryl/α,β-unsaturated/α-hetero) is 2. The van der Waals surface area contributed by atoms with Crippen molar-refractivity contribution in [2.75, 3.05) is 0 Å². The Bertz CT molecular complexity index is 577. The molecule has 4 nitrogen and oxygen atoms in total. The van der Waals surface area contributed by atoms with Gasteiger partial charge in [-0.25, -0.2) is 0 Å². The largest absolute Gasteiger partial charge is 0.349 e. The minimum Gasteiger partial charge on any atom is -0.349 e. The number of hydrogen-bond acceptors (Lipinski definition) is 3. The van der Waals surface area contributed by atoms with Crippen molar-refractivity contribution in [2.45, 2.75) is 38.6 Å². The number of carbonyl (C=O) groups is 3. The first-order chi connectivity index (χ1) is 10.6. The van der Waals surface area contributed by atoms with Crippen molar-refractivity contribution in [3.8, 4) is 0 Å². The van der Waals surface area contributed by atoms with Gasteiger partial charge in [0.05, 0.1) is 6.04 Å². The quantitative estimate of drug-likeness (QED) is 0.640. The molecule has 116 valence electrons. The molecule has 0 saturated carbocycles. The highest BCUT2D eigenvalue weighted by atomic mass is 16.2. The summed E-state index contributed by atoms with van der Waals surface area (Å²) in [5.74, 6) is -1.20. The van der Waals surface area contributed by atoms with E-state index in [1.807, 2.05) is 42.5 Å². The van der Waals surface area contributed by atoms with Gasteiger partial charge in [-0.3, -0.25) is 14.4 Å². The van der Waals surface area contributed by atoms with Gasteiger partial charge in [0.2, 0.25) is 17.5 Å². The van der Waals surface area contributed by atoms with Crippen molar-refractivity contribution in [2.24, 2.45) is 5.92 Å². The Kier molecular flexibility index (Phi) is 5.64. The lowest BCUT2D eigenvalue weighted by molar-refractivity contribution is -0.139. The standard InChI is InChI=1S/C18H21NO3/c1-13-8-4-2-7-11-17(21)19-15(12-16(20)18(13)22)14-9-5-3-6-10-14/h2-6,9-10,13,15H,7-8,11-12H2,1H3,(H,19,21)/t13-,15+/m1/s1. The van der Waals surface area contributed by atoms with E-state index in [-0.39, 0.29) is 24.0 Å². The second kappa shape index (κ2) is 7.69. The van der Waals surface area contributed by atoms with E-state index in [0.717, 1.165) is 5.56 Å². The highest BCUT2D eigenvalue weighted by Crippen LogP contribution is 2.19. The fourth-order valence-corrected chi connectivity index (χ4v) is 2.50. The molecule has 1 aromatic carbocycles. The third-order valence-corrected chi connectivity index (χ3v) is 3.84. The molecule has 1 amide bonds. The Labute approximate surface area is 130 Å². The van der Waals surface area contributed by atoms with Crippen LogP contribution in [0.5, 0.6) is 0 Å². The summed E-state index contributed by atoms with van der Waals surface area (Å²) in [6, 6.07) is 8.86. The van der Waals surface area contributed by atoms with E-state index in [0.29, 0.717) is 19.3 Å². The summed E-state index contributed by atoms with van der Waals surface area (Å²) in [5.41, 5.74) is 0.845. The van der Waals surface area contributed by atoms with Crippen molar-refractivity contribution < 1.29 is 14.4 Å². The van der Waals surface area contributed by atoms with Gasteiger partial charge in [0.1, 0.15) is 0 Å². The van der Waals surface area contributed by atoms with Crippen molar-refractivity contribution in [1.29, 1.82) is 0 Å². The number of ketones is 2. The summed E-state index contributed by atoms with van der Waals surface area (Å²) in [6.45, 7) is 1.77. The first-order valence-corrected chi connectivity index (χ1v) is 7.64. The van der Waals surface area contributed by atoms with Crippen LogP contribution in [-0.2, 0) is 14.4 Å². The van der Waals surface area contributed by atoms with Crippen LogP contribution in [0.15, 0.2) is 42.5 Å². The van der Waals surface area contributed by atoms with Crippen molar-refractivity contribution in [1.82, 2.24) is 5.32 Å². The molecule has 0 aliphatic carbocycles. The predicted molar refractivity (Wildman–Crippen MR) is 84.1 cm³/mol. The van der Waals surface area contributed by atoms with Crippen LogP contribution in [0, 0.1) is 5.92 Å². The molecule has 1 N–H and O–H groups in total. The van der Waals surface area contributed by atoms with Gasteiger partial charge in [-0.15, -0.1) is 0 Å². The Hall–Kier alpha value is -2.23. The zero-order chi connectivity index (χ0) is 15.9. The summed E-state index contributed by atoms with van der Waals surface area (Å²) >= 11 is 0. The minimum absolute atomic E-state index is 0.0165. The Morgan fingerprint density at radius 2 is 1.77 bits per heavy atom. The van der Waals surface area contributed by atoms with Crippen LogP contribution in [0.1, 0.15) is 44.2 Å². The lowest BCUT2D eigenvalue weighted by Gasteiger charge is -2.19. The van der Waals surface area contributed by atoms with Crippen LogP contribution in [0.25, 0.3) is 0 Å². The van der Waals surface area contributed by atoms with Gasteiger partial charge in [-0.05, 0) is 18.4 Å². The number of nitrogens with one attached hydrogen (secondary N) is 1. The summed E-state index contributed by atoms with van der Waals surface area (Å²) < 4.78 is 0. The van der Waals surface area contributed by atoms with E-state index >= 15 is 0 Å². The van der Waals surface area contributed by atoms with E-state index in [1.165, 1.54) is 0 Å². The molecule has 1 aliphatic rings. The number of benzene rings is 1. The fourth-order valence-electron chi connectivity index (χ4n) is 2.50. The number of rotatable bonds is 1. The second-order valence-electron chi connectivity index (χ2n) is 5.67. The van der Waals surface area contributed by atoms with Crippen LogP contribution < -0.4 is 5.32 Å². The van der Waals surface area contributed by atoms with Crippen molar-refractivity contribution >= 4 is 17.5 Å². The van der Waals surface area contributed by atoms with Crippen LogP contribution in [0.2, 0.25) is 0 Å². The zero-order valence-electron chi connectivity index (χ0n) is 12.7. The summed E-state index contributed by atoms with van der Waals surface area (Å²) in [4.78, 5) is 36.3. The first-order valence-electron chi connectivity index (χ1n) is 7.64. The molecule has 1 aliphatic heterocycles. The molecular formula is C18H21NO3. The highest BCUT2D eigenvalue weighted by Gasteiger charge is 2.25. The molecule has 0 saturated heterocycles. The van der Waals surface area contributed by atoms with E-state index in [1.54, 1.807) is 6.92 Å². The Morgan fingerprint density at radius 1 is 1.05 bits per heavy atom. The van der Waals surface area contributed by atoms with E-state index < -0.39 is 11.8 Å². The number of amides is 1. The molecular weight excluding hydrogens is 278 g/mol. The summed E-state index contributed by atoms with van der Waals surface area (Å²) in [6.07, 6.45) is 5.36. The normalized spacial score (nSPS) is 24.3. The van der Waals surface area contributed by atoms with Gasteiger partial charge in [0, 0.05) is 18.8 Å². The predicted octanol–water partition coefficient (Wildman–Crippen LogP) is 2.75. The molecule has 2 atom stereocenters. The monoisotopic (exact) mass is 299 g/mol. The number of hydrogen-bond donors (Lipinski definition) is 1. The SMILES string of the molecule is C[C@@H]1CC=CCCC(=O)N[C@H](c2ccccc2)CC(=O)C1=O. The van der Waals surface area contributed by atoms with Gasteiger partial charge in [-0.2, -0.15) is 0 Å². The third-order valence-electron chi connectivity index (χ3n) is 3.84. The van der Waals surface area contributed by atoms with E-state index in [4.69, 9.17) is 0 Å². The number of allylic oxidation sites excluding steroid dienone is 2. The molecule has 2 rings (SSSR count). The molecule has 22 heavy (non-hydrogen) atoms. The van der Waals surface area contributed by atoms with Crippen molar-refractivity contribution in [3.05, 3.63) is 48.0 Å². The maximum absolute atomic E-state index is 12.2. The maximum atomic E-state index is 12.2. The highest BCUT2D eigenvalue weighted by molar-refractivity contribution is 6.38. The first kappa shape index (κ1) is 16.1. The van der Waals surface area contributed by atoms with E-state index in [2.05, 4.69) is 5.32 Å². The average Bonchev–Trinajstić information content (AvgIpc) is 2.52. The van der Waals surface area contributed by atoms with Crippen LogP contribution in [-0.4, -0.2) is 17.5 Å². The van der Waals surface area contributed by atoms with Crippen LogP contribution >= 0.6 is 0 Å². The third kappa shape index (κ3) is 4.38. The summed E-state index contributed by atoms with van der Waals surface area (Å²) in [5, 5.41) is 2.87. The van der Waals surface area contributed by atoms with Gasteiger partial charge in [0.25, 0.3) is 0 Å². The molecule has 4 heteroatoms. The van der Waals surface area contributed by atoms with Gasteiger partial charge >= 0.3 is 0 Å². The topological polar surface area (TPSA) is 63.2 Å². The molecule has 0 aromatic heterocycles. The average molecular weight is 299 g/mol. The van der Waals surface area contributed by atoms with Gasteiger partial charge in [-0.1, -0.05) is 49.4 Å². The van der Waals surface area contributed by atoms with Crippen LogP contribution in [0.4, 0.5) is 0 Å². The lowest BCUT2D eigenvalue weighted by Crippen LogP contribution is -2.33. The molecule has 0 unspecified atom stereocenters. The molecule has 1 heterocycles. The van der Waals surface area contributed by atoms with Crippen molar-refractivity contribution in [3.63, 3.8) is 0 Å². The molecule has 0 spiro atoms. The minimum atomic E-state index is -0.444.